The molecule has 0 radical (unpaired) electrons. The topological polar surface area (TPSA) is 67.4 Å². The van der Waals surface area contributed by atoms with Crippen LogP contribution in [0.3, 0.4) is 0 Å². The SMILES string of the molecule is O=C(NCc1cccc2cccnc12)c1cc(N2CCOCC2)ccn1. The number of ether oxygens (including phenoxy) is 1. The van der Waals surface area contributed by atoms with Crippen LogP contribution in [-0.2, 0) is 11.3 Å². The van der Waals surface area contributed by atoms with Crippen molar-refractivity contribution in [3.63, 3.8) is 0 Å². The van der Waals surface area contributed by atoms with Crippen LogP contribution in [0.4, 0.5) is 5.69 Å². The van der Waals surface area contributed by atoms with Crippen molar-refractivity contribution in [2.75, 3.05) is 31.2 Å². The van der Waals surface area contributed by atoms with Gasteiger partial charge in [-0.15, -0.1) is 0 Å². The predicted molar refractivity (Wildman–Crippen MR) is 100 cm³/mol. The summed E-state index contributed by atoms with van der Waals surface area (Å²) in [6.45, 7) is 3.48. The van der Waals surface area contributed by atoms with Crippen LogP contribution in [0.1, 0.15) is 16.1 Å². The highest BCUT2D eigenvalue weighted by molar-refractivity contribution is 5.93. The van der Waals surface area contributed by atoms with E-state index in [-0.39, 0.29) is 5.91 Å². The number of fused-ring (bicyclic) bond motifs is 1. The Hall–Kier alpha value is -2.99. The molecule has 1 aliphatic rings. The number of hydrogen-bond acceptors (Lipinski definition) is 5. The molecule has 26 heavy (non-hydrogen) atoms. The van der Waals surface area contributed by atoms with E-state index in [0.29, 0.717) is 25.5 Å². The molecule has 4 rings (SSSR count). The molecule has 0 spiro atoms. The van der Waals surface area contributed by atoms with Crippen molar-refractivity contribution in [1.82, 2.24) is 15.3 Å². The predicted octanol–water partition coefficient (Wildman–Crippen LogP) is 2.40. The Labute approximate surface area is 151 Å². The fraction of sp³-hybridized carbons (Fsp3) is 0.250. The first-order chi connectivity index (χ1) is 12.8. The van der Waals surface area contributed by atoms with Crippen molar-refractivity contribution in [2.45, 2.75) is 6.54 Å². The van der Waals surface area contributed by atoms with E-state index in [1.165, 1.54) is 0 Å². The molecule has 6 heteroatoms. The van der Waals surface area contributed by atoms with Crippen LogP contribution < -0.4 is 10.2 Å². The molecule has 3 aromatic rings. The van der Waals surface area contributed by atoms with Gasteiger partial charge in [0.15, 0.2) is 0 Å². The van der Waals surface area contributed by atoms with Crippen molar-refractivity contribution in [3.05, 3.63) is 66.1 Å². The zero-order chi connectivity index (χ0) is 17.8. The molecule has 1 fully saturated rings. The molecule has 0 aliphatic carbocycles. The fourth-order valence-corrected chi connectivity index (χ4v) is 3.14. The third-order valence-corrected chi connectivity index (χ3v) is 4.51. The van der Waals surface area contributed by atoms with Gasteiger partial charge in [0.25, 0.3) is 5.91 Å². The number of benzene rings is 1. The van der Waals surface area contributed by atoms with Crippen LogP contribution in [0.15, 0.2) is 54.9 Å². The summed E-state index contributed by atoms with van der Waals surface area (Å²) in [7, 11) is 0. The van der Waals surface area contributed by atoms with E-state index in [1.54, 1.807) is 12.4 Å². The molecule has 0 saturated carbocycles. The number of rotatable bonds is 4. The van der Waals surface area contributed by atoms with Gasteiger partial charge in [-0.05, 0) is 23.8 Å². The Morgan fingerprint density at radius 1 is 1.08 bits per heavy atom. The summed E-state index contributed by atoms with van der Waals surface area (Å²) in [5.74, 6) is -0.187. The minimum Gasteiger partial charge on any atom is -0.378 e. The zero-order valence-electron chi connectivity index (χ0n) is 14.4. The third-order valence-electron chi connectivity index (χ3n) is 4.51. The smallest absolute Gasteiger partial charge is 0.270 e. The van der Waals surface area contributed by atoms with Crippen LogP contribution in [0.25, 0.3) is 10.9 Å². The number of nitrogens with one attached hydrogen (secondary N) is 1. The molecule has 1 aliphatic heterocycles. The van der Waals surface area contributed by atoms with E-state index in [2.05, 4.69) is 20.2 Å². The molecular weight excluding hydrogens is 328 g/mol. The number of anilines is 1. The number of para-hydroxylation sites is 1. The molecular formula is C20H20N4O2. The number of aromatic nitrogens is 2. The molecule has 0 atom stereocenters. The van der Waals surface area contributed by atoms with Crippen molar-refractivity contribution >= 4 is 22.5 Å². The van der Waals surface area contributed by atoms with Gasteiger partial charge in [-0.1, -0.05) is 24.3 Å². The van der Waals surface area contributed by atoms with Gasteiger partial charge in [-0.3, -0.25) is 14.8 Å². The van der Waals surface area contributed by atoms with Crippen LogP contribution in [0.5, 0.6) is 0 Å². The van der Waals surface area contributed by atoms with Gasteiger partial charge in [-0.25, -0.2) is 0 Å². The number of carbonyl (C=O) groups is 1. The summed E-state index contributed by atoms with van der Waals surface area (Å²) < 4.78 is 5.38. The molecule has 1 saturated heterocycles. The fourth-order valence-electron chi connectivity index (χ4n) is 3.14. The lowest BCUT2D eigenvalue weighted by atomic mass is 10.1. The zero-order valence-corrected chi connectivity index (χ0v) is 14.4. The van der Waals surface area contributed by atoms with E-state index >= 15 is 0 Å². The van der Waals surface area contributed by atoms with Gasteiger partial charge < -0.3 is 15.0 Å². The third kappa shape index (κ3) is 3.50. The maximum absolute atomic E-state index is 12.6. The van der Waals surface area contributed by atoms with E-state index in [0.717, 1.165) is 35.2 Å². The van der Waals surface area contributed by atoms with Gasteiger partial charge in [0.2, 0.25) is 0 Å². The van der Waals surface area contributed by atoms with E-state index in [4.69, 9.17) is 4.74 Å². The number of amides is 1. The van der Waals surface area contributed by atoms with Crippen LogP contribution in [0, 0.1) is 0 Å². The number of carbonyl (C=O) groups excluding carboxylic acids is 1. The Balaban J connectivity index is 1.48. The van der Waals surface area contributed by atoms with E-state index in [9.17, 15) is 4.79 Å². The summed E-state index contributed by atoms with van der Waals surface area (Å²) in [5, 5.41) is 4.01. The Morgan fingerprint density at radius 2 is 1.92 bits per heavy atom. The first-order valence-electron chi connectivity index (χ1n) is 8.71. The van der Waals surface area contributed by atoms with Crippen LogP contribution >= 0.6 is 0 Å². The maximum Gasteiger partial charge on any atom is 0.270 e. The van der Waals surface area contributed by atoms with Crippen molar-refractivity contribution in [3.8, 4) is 0 Å². The summed E-state index contributed by atoms with van der Waals surface area (Å²) >= 11 is 0. The molecule has 0 unspecified atom stereocenters. The van der Waals surface area contributed by atoms with Gasteiger partial charge in [0.1, 0.15) is 5.69 Å². The highest BCUT2D eigenvalue weighted by Gasteiger charge is 2.14. The maximum atomic E-state index is 12.6. The largest absolute Gasteiger partial charge is 0.378 e. The lowest BCUT2D eigenvalue weighted by Gasteiger charge is -2.28. The molecule has 6 nitrogen and oxygen atoms in total. The van der Waals surface area contributed by atoms with E-state index < -0.39 is 0 Å². The Bertz CT molecular complexity index is 917. The van der Waals surface area contributed by atoms with Gasteiger partial charge in [-0.2, -0.15) is 0 Å². The number of pyridine rings is 2. The normalized spacial score (nSPS) is 14.4. The summed E-state index contributed by atoms with van der Waals surface area (Å²) in [6.07, 6.45) is 3.44. The summed E-state index contributed by atoms with van der Waals surface area (Å²) in [5.41, 5.74) is 3.31. The Morgan fingerprint density at radius 3 is 2.81 bits per heavy atom. The van der Waals surface area contributed by atoms with Gasteiger partial charge in [0.05, 0.1) is 18.7 Å². The highest BCUT2D eigenvalue weighted by atomic mass is 16.5. The minimum atomic E-state index is -0.187. The van der Waals surface area contributed by atoms with Gasteiger partial charge >= 0.3 is 0 Å². The molecule has 1 aromatic carbocycles. The Kier molecular flexibility index (Phi) is 4.75. The van der Waals surface area contributed by atoms with Gasteiger partial charge in [0, 0.05) is 43.1 Å². The van der Waals surface area contributed by atoms with E-state index in [1.807, 2.05) is 42.5 Å². The summed E-state index contributed by atoms with van der Waals surface area (Å²) in [6, 6.07) is 13.7. The second-order valence-electron chi connectivity index (χ2n) is 6.17. The lowest BCUT2D eigenvalue weighted by molar-refractivity contribution is 0.0946. The molecule has 1 amide bonds. The van der Waals surface area contributed by atoms with Crippen LogP contribution in [0.2, 0.25) is 0 Å². The van der Waals surface area contributed by atoms with Crippen molar-refractivity contribution in [1.29, 1.82) is 0 Å². The quantitative estimate of drug-likeness (QED) is 0.784. The van der Waals surface area contributed by atoms with Crippen molar-refractivity contribution in [2.24, 2.45) is 0 Å². The molecule has 132 valence electrons. The second-order valence-corrected chi connectivity index (χ2v) is 6.17. The highest BCUT2D eigenvalue weighted by Crippen LogP contribution is 2.17. The first kappa shape index (κ1) is 16.5. The lowest BCUT2D eigenvalue weighted by Crippen LogP contribution is -2.36. The standard InChI is InChI=1S/C20H20N4O2/c25-20(18-13-17(6-8-21-18)24-9-11-26-12-10-24)23-14-16-4-1-3-15-5-2-7-22-19(15)16/h1-8,13H,9-12,14H2,(H,23,25). The summed E-state index contributed by atoms with van der Waals surface area (Å²) in [4.78, 5) is 23.4. The monoisotopic (exact) mass is 348 g/mol. The van der Waals surface area contributed by atoms with Crippen molar-refractivity contribution < 1.29 is 9.53 Å². The molecule has 3 heterocycles. The average molecular weight is 348 g/mol. The van der Waals surface area contributed by atoms with Crippen LogP contribution in [-0.4, -0.2) is 42.2 Å². The average Bonchev–Trinajstić information content (AvgIpc) is 2.72. The molecule has 1 N–H and O–H groups in total. The number of morpholine rings is 1. The molecule has 0 bridgehead atoms. The second kappa shape index (κ2) is 7.49. The minimum absolute atomic E-state index is 0.187. The first-order valence-corrected chi connectivity index (χ1v) is 8.71. The number of nitrogens with zero attached hydrogens (tertiary/aromatic N) is 3. The molecule has 2 aromatic heterocycles. The number of hydrogen-bond donors (Lipinski definition) is 1.